The van der Waals surface area contributed by atoms with Gasteiger partial charge in [-0.05, 0) is 26.0 Å². The van der Waals surface area contributed by atoms with E-state index in [-0.39, 0.29) is 22.5 Å². The molecule has 0 saturated carbocycles. The molecule has 136 valence electrons. The normalized spacial score (nSPS) is 11.3. The zero-order chi connectivity index (χ0) is 18.7. The number of benzene rings is 1. The lowest BCUT2D eigenvalue weighted by Crippen LogP contribution is -2.14. The Morgan fingerprint density at radius 1 is 1.23 bits per heavy atom. The highest BCUT2D eigenvalue weighted by atomic mass is 32.2. The number of aromatic nitrogens is 4. The maximum atomic E-state index is 13.5. The molecular weight excluding hydrogens is 361 g/mol. The SMILES string of the molecule is CCn1cc(S(=O)(=O)Nc2cnc(Oc3ccccc3F)nc2)nc1C. The highest BCUT2D eigenvalue weighted by molar-refractivity contribution is 7.92. The van der Waals surface area contributed by atoms with Crippen LogP contribution < -0.4 is 9.46 Å². The van der Waals surface area contributed by atoms with Crippen LogP contribution in [0.4, 0.5) is 10.1 Å². The third-order valence-electron chi connectivity index (χ3n) is 3.49. The number of aryl methyl sites for hydroxylation is 2. The van der Waals surface area contributed by atoms with Gasteiger partial charge in [0.25, 0.3) is 10.0 Å². The molecule has 0 saturated heterocycles. The fraction of sp³-hybridized carbons (Fsp3) is 0.188. The first-order valence-electron chi connectivity index (χ1n) is 7.70. The van der Waals surface area contributed by atoms with E-state index < -0.39 is 15.8 Å². The molecule has 0 aliphatic heterocycles. The monoisotopic (exact) mass is 377 g/mol. The molecule has 8 nitrogen and oxygen atoms in total. The lowest BCUT2D eigenvalue weighted by atomic mass is 10.3. The fourth-order valence-electron chi connectivity index (χ4n) is 2.18. The summed E-state index contributed by atoms with van der Waals surface area (Å²) in [7, 11) is -3.87. The van der Waals surface area contributed by atoms with Crippen LogP contribution in [0.3, 0.4) is 0 Å². The number of ether oxygens (including phenoxy) is 1. The van der Waals surface area contributed by atoms with Crippen LogP contribution >= 0.6 is 0 Å². The molecule has 0 amide bonds. The molecular formula is C16H16FN5O3S. The van der Waals surface area contributed by atoms with Gasteiger partial charge in [0.05, 0.1) is 18.1 Å². The lowest BCUT2D eigenvalue weighted by molar-refractivity contribution is 0.411. The van der Waals surface area contributed by atoms with E-state index in [9.17, 15) is 12.8 Å². The lowest BCUT2D eigenvalue weighted by Gasteiger charge is -2.07. The number of nitrogens with one attached hydrogen (secondary N) is 1. The molecule has 1 N–H and O–H groups in total. The molecule has 3 aromatic rings. The number of rotatable bonds is 6. The van der Waals surface area contributed by atoms with Gasteiger partial charge >= 0.3 is 6.01 Å². The van der Waals surface area contributed by atoms with Crippen LogP contribution in [0.5, 0.6) is 11.8 Å². The Morgan fingerprint density at radius 3 is 2.54 bits per heavy atom. The summed E-state index contributed by atoms with van der Waals surface area (Å²) in [5.74, 6) is 0.0157. The van der Waals surface area contributed by atoms with Crippen LogP contribution in [-0.4, -0.2) is 27.9 Å². The first-order valence-corrected chi connectivity index (χ1v) is 9.18. The molecule has 2 aromatic heterocycles. The quantitative estimate of drug-likeness (QED) is 0.709. The molecule has 26 heavy (non-hydrogen) atoms. The van der Waals surface area contributed by atoms with Crippen LogP contribution in [0.1, 0.15) is 12.7 Å². The van der Waals surface area contributed by atoms with E-state index in [1.807, 2.05) is 6.92 Å². The minimum Gasteiger partial charge on any atom is -0.421 e. The summed E-state index contributed by atoms with van der Waals surface area (Å²) in [6, 6.07) is 5.71. The van der Waals surface area contributed by atoms with Gasteiger partial charge in [0.1, 0.15) is 5.82 Å². The second-order valence-corrected chi connectivity index (χ2v) is 6.93. The Kier molecular flexibility index (Phi) is 4.85. The van der Waals surface area contributed by atoms with Crippen LogP contribution in [0.15, 0.2) is 47.9 Å². The largest absolute Gasteiger partial charge is 0.421 e. The molecule has 0 spiro atoms. The van der Waals surface area contributed by atoms with Gasteiger partial charge in [0.2, 0.25) is 0 Å². The van der Waals surface area contributed by atoms with Crippen molar-refractivity contribution in [3.8, 4) is 11.8 Å². The number of hydrogen-bond acceptors (Lipinski definition) is 6. The van der Waals surface area contributed by atoms with E-state index in [0.29, 0.717) is 12.4 Å². The van der Waals surface area contributed by atoms with Crippen molar-refractivity contribution in [2.45, 2.75) is 25.4 Å². The number of imidazole rings is 1. The number of para-hydroxylation sites is 1. The summed E-state index contributed by atoms with van der Waals surface area (Å²) in [5.41, 5.74) is 0.134. The van der Waals surface area contributed by atoms with E-state index in [1.54, 1.807) is 17.6 Å². The summed E-state index contributed by atoms with van der Waals surface area (Å²) in [5, 5.41) is -0.0940. The minimum absolute atomic E-state index is 0.0265. The predicted molar refractivity (Wildman–Crippen MR) is 92.0 cm³/mol. The van der Waals surface area contributed by atoms with Gasteiger partial charge in [-0.15, -0.1) is 0 Å². The maximum absolute atomic E-state index is 13.5. The van der Waals surface area contributed by atoms with Crippen molar-refractivity contribution in [2.75, 3.05) is 4.72 Å². The summed E-state index contributed by atoms with van der Waals surface area (Å²) >= 11 is 0. The Labute approximate surface area is 149 Å². The van der Waals surface area contributed by atoms with Gasteiger partial charge < -0.3 is 9.30 Å². The summed E-state index contributed by atoms with van der Waals surface area (Å²) < 4.78 is 47.6. The molecule has 1 aromatic carbocycles. The van der Waals surface area contributed by atoms with Gasteiger partial charge in [0.15, 0.2) is 16.6 Å². The van der Waals surface area contributed by atoms with Crippen molar-refractivity contribution < 1.29 is 17.5 Å². The topological polar surface area (TPSA) is 99.0 Å². The first-order chi connectivity index (χ1) is 12.4. The van der Waals surface area contributed by atoms with Gasteiger partial charge in [-0.2, -0.15) is 8.42 Å². The summed E-state index contributed by atoms with van der Waals surface area (Å²) in [6.45, 7) is 4.22. The Balaban J connectivity index is 1.75. The molecule has 10 heteroatoms. The van der Waals surface area contributed by atoms with Crippen LogP contribution in [0.25, 0.3) is 0 Å². The average molecular weight is 377 g/mol. The molecule has 0 aliphatic rings. The van der Waals surface area contributed by atoms with Gasteiger partial charge in [-0.3, -0.25) is 4.72 Å². The Hall–Kier alpha value is -3.01. The number of nitrogens with zero attached hydrogens (tertiary/aromatic N) is 4. The molecule has 0 atom stereocenters. The zero-order valence-electron chi connectivity index (χ0n) is 14.0. The second-order valence-electron chi connectivity index (χ2n) is 5.30. The standard InChI is InChI=1S/C16H16FN5O3S/c1-3-22-10-15(20-11(22)2)26(23,24)21-12-8-18-16(19-9-12)25-14-7-5-4-6-13(14)17/h4-10,21H,3H2,1-2H3. The third-order valence-corrected chi connectivity index (χ3v) is 4.74. The van der Waals surface area contributed by atoms with Crippen LogP contribution in [-0.2, 0) is 16.6 Å². The Bertz CT molecular complexity index is 1020. The molecule has 0 radical (unpaired) electrons. The van der Waals surface area contributed by atoms with Gasteiger partial charge in [-0.1, -0.05) is 12.1 Å². The second kappa shape index (κ2) is 7.08. The molecule has 0 unspecified atom stereocenters. The number of halogens is 1. The van der Waals surface area contributed by atoms with Crippen molar-refractivity contribution in [3.05, 3.63) is 54.5 Å². The van der Waals surface area contributed by atoms with E-state index >= 15 is 0 Å². The summed E-state index contributed by atoms with van der Waals surface area (Å²) in [4.78, 5) is 11.8. The van der Waals surface area contributed by atoms with Crippen molar-refractivity contribution in [2.24, 2.45) is 0 Å². The smallest absolute Gasteiger partial charge is 0.322 e. The van der Waals surface area contributed by atoms with Crippen molar-refractivity contribution in [3.63, 3.8) is 0 Å². The van der Waals surface area contributed by atoms with Crippen molar-refractivity contribution in [1.82, 2.24) is 19.5 Å². The average Bonchev–Trinajstić information content (AvgIpc) is 3.00. The molecule has 3 rings (SSSR count). The maximum Gasteiger partial charge on any atom is 0.322 e. The molecule has 0 fully saturated rings. The van der Waals surface area contributed by atoms with Crippen LogP contribution in [0, 0.1) is 12.7 Å². The van der Waals surface area contributed by atoms with E-state index in [2.05, 4.69) is 19.7 Å². The third kappa shape index (κ3) is 3.80. The highest BCUT2D eigenvalue weighted by Crippen LogP contribution is 2.22. The first kappa shape index (κ1) is 17.8. The zero-order valence-corrected chi connectivity index (χ0v) is 14.9. The van der Waals surface area contributed by atoms with E-state index in [0.717, 1.165) is 0 Å². The van der Waals surface area contributed by atoms with Crippen LogP contribution in [0.2, 0.25) is 0 Å². The molecule has 0 aliphatic carbocycles. The summed E-state index contributed by atoms with van der Waals surface area (Å²) in [6.07, 6.45) is 3.91. The number of anilines is 1. The minimum atomic E-state index is -3.87. The van der Waals surface area contributed by atoms with Gasteiger partial charge in [0, 0.05) is 12.7 Å². The highest BCUT2D eigenvalue weighted by Gasteiger charge is 2.19. The van der Waals surface area contributed by atoms with E-state index in [4.69, 9.17) is 4.74 Å². The van der Waals surface area contributed by atoms with Crippen molar-refractivity contribution in [1.29, 1.82) is 0 Å². The predicted octanol–water partition coefficient (Wildman–Crippen LogP) is 2.73. The molecule has 0 bridgehead atoms. The number of sulfonamides is 1. The molecule has 2 heterocycles. The van der Waals surface area contributed by atoms with Crippen molar-refractivity contribution >= 4 is 15.7 Å². The fourth-order valence-corrected chi connectivity index (χ4v) is 3.22. The number of hydrogen-bond donors (Lipinski definition) is 1. The van der Waals surface area contributed by atoms with Gasteiger partial charge in [-0.25, -0.2) is 19.3 Å². The Morgan fingerprint density at radius 2 is 1.92 bits per heavy atom. The van der Waals surface area contributed by atoms with E-state index in [1.165, 1.54) is 36.8 Å².